The molecule has 3 N–H and O–H groups in total. The van der Waals surface area contributed by atoms with Crippen LogP contribution >= 0.6 is 23.1 Å². The normalized spacial score (nSPS) is 10.6. The Hall–Kier alpha value is -2.91. The van der Waals surface area contributed by atoms with Gasteiger partial charge in [0.25, 0.3) is 5.91 Å². The van der Waals surface area contributed by atoms with E-state index in [1.165, 1.54) is 0 Å². The summed E-state index contributed by atoms with van der Waals surface area (Å²) in [5.41, 5.74) is 7.30. The van der Waals surface area contributed by atoms with Crippen LogP contribution in [0.2, 0.25) is 0 Å². The average molecular weight is 415 g/mol. The van der Waals surface area contributed by atoms with Crippen LogP contribution in [0.5, 0.6) is 0 Å². The molecule has 0 fully saturated rings. The molecule has 0 bridgehead atoms. The highest BCUT2D eigenvalue weighted by Crippen LogP contribution is 2.31. The first-order chi connectivity index (χ1) is 13.5. The van der Waals surface area contributed by atoms with Gasteiger partial charge in [0.05, 0.1) is 22.3 Å². The Bertz CT molecular complexity index is 969. The summed E-state index contributed by atoms with van der Waals surface area (Å²) in [4.78, 5) is 38.5. The number of nitrogens with two attached hydrogens (primary N) is 1. The van der Waals surface area contributed by atoms with Gasteiger partial charge in [-0.1, -0.05) is 36.0 Å². The van der Waals surface area contributed by atoms with Gasteiger partial charge in [0.15, 0.2) is 10.9 Å². The zero-order valence-electron chi connectivity index (χ0n) is 14.7. The third-order valence-electron chi connectivity index (χ3n) is 3.62. The first kappa shape index (κ1) is 19.8. The molecule has 2 amide bonds. The number of rotatable bonds is 8. The van der Waals surface area contributed by atoms with Crippen LogP contribution in [0.4, 0.5) is 0 Å². The Labute approximate surface area is 169 Å². The molecular weight excluding hydrogens is 398 g/mol. The number of ether oxygens (including phenoxy) is 1. The van der Waals surface area contributed by atoms with Crippen LogP contribution in [-0.4, -0.2) is 35.9 Å². The third-order valence-corrected chi connectivity index (χ3v) is 5.87. The van der Waals surface area contributed by atoms with Crippen LogP contribution in [0, 0.1) is 0 Å². The molecule has 0 spiro atoms. The SMILES string of the molecule is NC(=O)CNC(=O)COC(=O)c1ccc(CSc2nc3ccccc3s2)cc1. The predicted octanol–water partition coefficient (Wildman–Crippen LogP) is 2.35. The number of esters is 1. The number of carbonyl (C=O) groups excluding carboxylic acids is 3. The minimum absolute atomic E-state index is 0.294. The highest BCUT2D eigenvalue weighted by molar-refractivity contribution is 8.00. The molecule has 2 aromatic carbocycles. The van der Waals surface area contributed by atoms with E-state index in [9.17, 15) is 14.4 Å². The molecule has 7 nitrogen and oxygen atoms in total. The van der Waals surface area contributed by atoms with Crippen molar-refractivity contribution in [2.75, 3.05) is 13.2 Å². The van der Waals surface area contributed by atoms with Gasteiger partial charge in [0.2, 0.25) is 5.91 Å². The second kappa shape index (κ2) is 9.34. The summed E-state index contributed by atoms with van der Waals surface area (Å²) in [5.74, 6) is -1.14. The Morgan fingerprint density at radius 2 is 1.86 bits per heavy atom. The standard InChI is InChI=1S/C19H17N3O4S2/c20-16(23)9-21-17(24)10-26-18(25)13-7-5-12(6-8-13)11-27-19-22-14-3-1-2-4-15(14)28-19/h1-8H,9-11H2,(H2,20,23)(H,21,24). The Kier molecular flexibility index (Phi) is 6.62. The second-order valence-electron chi connectivity index (χ2n) is 5.75. The van der Waals surface area contributed by atoms with Crippen molar-refractivity contribution in [2.45, 2.75) is 10.1 Å². The molecular formula is C19H17N3O4S2. The van der Waals surface area contributed by atoms with Crippen molar-refractivity contribution in [3.05, 3.63) is 59.7 Å². The number of aromatic nitrogens is 1. The monoisotopic (exact) mass is 415 g/mol. The fraction of sp³-hybridized carbons (Fsp3) is 0.158. The fourth-order valence-corrected chi connectivity index (χ4v) is 4.27. The van der Waals surface area contributed by atoms with Gasteiger partial charge in [-0.3, -0.25) is 9.59 Å². The summed E-state index contributed by atoms with van der Waals surface area (Å²) in [6, 6.07) is 15.0. The average Bonchev–Trinajstić information content (AvgIpc) is 3.12. The van der Waals surface area contributed by atoms with Gasteiger partial charge in [0, 0.05) is 5.75 Å². The van der Waals surface area contributed by atoms with Gasteiger partial charge in [-0.2, -0.15) is 0 Å². The van der Waals surface area contributed by atoms with Gasteiger partial charge in [-0.25, -0.2) is 9.78 Å². The summed E-state index contributed by atoms with van der Waals surface area (Å²) in [6.07, 6.45) is 0. The summed E-state index contributed by atoms with van der Waals surface area (Å²) < 4.78 is 7.06. The van der Waals surface area contributed by atoms with Crippen molar-refractivity contribution in [2.24, 2.45) is 5.73 Å². The fourth-order valence-electron chi connectivity index (χ4n) is 2.25. The molecule has 0 atom stereocenters. The molecule has 0 saturated carbocycles. The Morgan fingerprint density at radius 3 is 2.57 bits per heavy atom. The van der Waals surface area contributed by atoms with E-state index in [1.54, 1.807) is 35.2 Å². The van der Waals surface area contributed by atoms with E-state index in [-0.39, 0.29) is 6.54 Å². The molecule has 144 valence electrons. The number of hydrogen-bond donors (Lipinski definition) is 2. The van der Waals surface area contributed by atoms with E-state index in [1.807, 2.05) is 36.4 Å². The molecule has 9 heteroatoms. The first-order valence-corrected chi connectivity index (χ1v) is 10.1. The van der Waals surface area contributed by atoms with Crippen molar-refractivity contribution < 1.29 is 19.1 Å². The Morgan fingerprint density at radius 1 is 1.11 bits per heavy atom. The molecule has 0 aliphatic carbocycles. The first-order valence-electron chi connectivity index (χ1n) is 8.31. The number of primary amides is 1. The number of thioether (sulfide) groups is 1. The van der Waals surface area contributed by atoms with Gasteiger partial charge in [-0.15, -0.1) is 11.3 Å². The van der Waals surface area contributed by atoms with E-state index in [0.29, 0.717) is 5.56 Å². The second-order valence-corrected chi connectivity index (χ2v) is 8.01. The maximum atomic E-state index is 12.0. The van der Waals surface area contributed by atoms with Gasteiger partial charge < -0.3 is 15.8 Å². The van der Waals surface area contributed by atoms with E-state index in [2.05, 4.69) is 10.3 Å². The molecule has 0 aliphatic heterocycles. The number of nitrogens with zero attached hydrogens (tertiary/aromatic N) is 1. The minimum Gasteiger partial charge on any atom is -0.452 e. The van der Waals surface area contributed by atoms with Crippen LogP contribution in [0.1, 0.15) is 15.9 Å². The summed E-state index contributed by atoms with van der Waals surface area (Å²) in [5, 5.41) is 2.24. The van der Waals surface area contributed by atoms with Gasteiger partial charge in [0.1, 0.15) is 0 Å². The lowest BCUT2D eigenvalue weighted by atomic mass is 10.1. The van der Waals surface area contributed by atoms with Crippen LogP contribution in [0.25, 0.3) is 10.2 Å². The summed E-state index contributed by atoms with van der Waals surface area (Å²) >= 11 is 3.29. The smallest absolute Gasteiger partial charge is 0.338 e. The minimum atomic E-state index is -0.668. The Balaban J connectivity index is 1.49. The molecule has 0 saturated heterocycles. The van der Waals surface area contributed by atoms with Crippen LogP contribution < -0.4 is 11.1 Å². The van der Waals surface area contributed by atoms with E-state index in [0.717, 1.165) is 25.9 Å². The number of benzene rings is 2. The topological polar surface area (TPSA) is 111 Å². The summed E-state index contributed by atoms with van der Waals surface area (Å²) in [7, 11) is 0. The number of amides is 2. The zero-order valence-corrected chi connectivity index (χ0v) is 16.3. The number of nitrogens with one attached hydrogen (secondary N) is 1. The van der Waals surface area contributed by atoms with Crippen molar-refractivity contribution in [3.8, 4) is 0 Å². The summed E-state index contributed by atoms with van der Waals surface area (Å²) in [6.45, 7) is -0.765. The van der Waals surface area contributed by atoms with Crippen LogP contribution in [0.15, 0.2) is 52.9 Å². The zero-order chi connectivity index (χ0) is 19.9. The molecule has 3 aromatic rings. The van der Waals surface area contributed by atoms with E-state index < -0.39 is 24.4 Å². The lowest BCUT2D eigenvalue weighted by Crippen LogP contribution is -2.35. The molecule has 1 aromatic heterocycles. The number of fused-ring (bicyclic) bond motifs is 1. The molecule has 0 aliphatic rings. The quantitative estimate of drug-likeness (QED) is 0.431. The highest BCUT2D eigenvalue weighted by Gasteiger charge is 2.11. The van der Waals surface area contributed by atoms with Crippen molar-refractivity contribution in [1.29, 1.82) is 0 Å². The maximum absolute atomic E-state index is 12.0. The molecule has 0 unspecified atom stereocenters. The largest absolute Gasteiger partial charge is 0.452 e. The molecule has 3 rings (SSSR count). The number of thiazole rings is 1. The van der Waals surface area contributed by atoms with Gasteiger partial charge >= 0.3 is 5.97 Å². The highest BCUT2D eigenvalue weighted by atomic mass is 32.2. The van der Waals surface area contributed by atoms with Crippen LogP contribution in [0.3, 0.4) is 0 Å². The number of carbonyl (C=O) groups is 3. The van der Waals surface area contributed by atoms with Crippen molar-refractivity contribution in [1.82, 2.24) is 10.3 Å². The van der Waals surface area contributed by atoms with Crippen molar-refractivity contribution in [3.63, 3.8) is 0 Å². The molecule has 28 heavy (non-hydrogen) atoms. The number of hydrogen-bond acceptors (Lipinski definition) is 7. The third kappa shape index (κ3) is 5.54. The van der Waals surface area contributed by atoms with E-state index in [4.69, 9.17) is 10.5 Å². The maximum Gasteiger partial charge on any atom is 0.338 e. The van der Waals surface area contributed by atoms with Gasteiger partial charge in [-0.05, 0) is 29.8 Å². The molecule has 1 heterocycles. The van der Waals surface area contributed by atoms with E-state index >= 15 is 0 Å². The molecule has 0 radical (unpaired) electrons. The lowest BCUT2D eigenvalue weighted by molar-refractivity contribution is -0.127. The number of para-hydroxylation sites is 1. The van der Waals surface area contributed by atoms with Crippen LogP contribution in [-0.2, 0) is 20.1 Å². The van der Waals surface area contributed by atoms with Crippen molar-refractivity contribution >= 4 is 51.1 Å². The predicted molar refractivity (Wildman–Crippen MR) is 108 cm³/mol. The lowest BCUT2D eigenvalue weighted by Gasteiger charge is -2.06.